The fourth-order valence-electron chi connectivity index (χ4n) is 11.3. The highest BCUT2D eigenvalue weighted by Gasteiger charge is 2.34. The number of aromatic hydroxyl groups is 2. The second kappa shape index (κ2) is 31.9. The molecule has 0 atom stereocenters. The Morgan fingerprint density at radius 3 is 0.971 bits per heavy atom. The van der Waals surface area contributed by atoms with Gasteiger partial charge in [-0.25, -0.2) is 0 Å². The lowest BCUT2D eigenvalue weighted by atomic mass is 9.73. The number of quaternary nitrogens is 2. The zero-order valence-corrected chi connectivity index (χ0v) is 47.7. The van der Waals surface area contributed by atoms with Gasteiger partial charge < -0.3 is 19.2 Å². The van der Waals surface area contributed by atoms with Crippen molar-refractivity contribution in [2.75, 3.05) is 52.4 Å². The highest BCUT2D eigenvalue weighted by atomic mass is 16.3. The fourth-order valence-corrected chi connectivity index (χ4v) is 11.3. The van der Waals surface area contributed by atoms with E-state index in [0.29, 0.717) is 5.75 Å². The number of phenolic OH excluding ortho intramolecular Hbond substituents is 2. The van der Waals surface area contributed by atoms with Crippen molar-refractivity contribution in [3.05, 3.63) is 81.9 Å². The molecule has 6 heteroatoms. The summed E-state index contributed by atoms with van der Waals surface area (Å²) in [6.07, 6.45) is 30.7. The van der Waals surface area contributed by atoms with Crippen LogP contribution in [0.3, 0.4) is 0 Å². The van der Waals surface area contributed by atoms with E-state index < -0.39 is 0 Å². The molecule has 3 rings (SSSR count). The van der Waals surface area contributed by atoms with Gasteiger partial charge in [0.05, 0.1) is 63.7 Å². The molecule has 0 radical (unpaired) electrons. The van der Waals surface area contributed by atoms with Crippen LogP contribution >= 0.6 is 0 Å². The molecule has 3 aromatic carbocycles. The van der Waals surface area contributed by atoms with Crippen LogP contribution < -0.4 is 0 Å². The summed E-state index contributed by atoms with van der Waals surface area (Å²) < 4.78 is 2.54. The standard InChI is InChI=1S/C64H106N4O2/c1-13-21-35-63(11,36-22-14-2)57-47-53(9)61(69)55(49-57)51-65-59-33-29-30-34-60(59)66-52-56-50-58(48-54(10)62(56)70)64(12,37-31-45-67(39-23-15-3,40-24-16-4)41-25-17-5)38-32-46-68(42-26-18-6,43-27-19-7)44-28-20-8/h29-30,33-34,47-52H,13-28,31-32,35-46H2,1-12H3/p+2. The smallest absolute Gasteiger partial charge is 0.127 e. The van der Waals surface area contributed by atoms with E-state index in [9.17, 15) is 10.2 Å². The third kappa shape index (κ3) is 18.8. The van der Waals surface area contributed by atoms with Gasteiger partial charge in [-0.15, -0.1) is 0 Å². The molecule has 0 unspecified atom stereocenters. The zero-order valence-electron chi connectivity index (χ0n) is 47.7. The first-order chi connectivity index (χ1) is 33.7. The summed E-state index contributed by atoms with van der Waals surface area (Å²) in [5.74, 6) is 0.577. The Hall–Kier alpha value is -3.48. The molecule has 70 heavy (non-hydrogen) atoms. The normalized spacial score (nSPS) is 12.9. The first-order valence-corrected chi connectivity index (χ1v) is 29.2. The van der Waals surface area contributed by atoms with Crippen molar-refractivity contribution in [2.45, 2.75) is 235 Å². The van der Waals surface area contributed by atoms with E-state index in [2.05, 4.69) is 100 Å². The third-order valence-electron chi connectivity index (χ3n) is 16.4. The average Bonchev–Trinajstić information content (AvgIpc) is 3.36. The second-order valence-corrected chi connectivity index (χ2v) is 22.6. The third-order valence-corrected chi connectivity index (χ3v) is 16.4. The molecule has 0 aromatic heterocycles. The molecule has 394 valence electrons. The number of benzene rings is 3. The molecule has 0 aliphatic carbocycles. The number of hydrogen-bond acceptors (Lipinski definition) is 4. The van der Waals surface area contributed by atoms with Gasteiger partial charge in [0.1, 0.15) is 11.5 Å². The van der Waals surface area contributed by atoms with Crippen molar-refractivity contribution in [1.29, 1.82) is 0 Å². The zero-order chi connectivity index (χ0) is 51.5. The van der Waals surface area contributed by atoms with Crippen molar-refractivity contribution < 1.29 is 19.2 Å². The van der Waals surface area contributed by atoms with Crippen LogP contribution in [0.15, 0.2) is 58.5 Å². The maximum atomic E-state index is 11.7. The number of aliphatic imine (C=N–C) groups is 2. The fraction of sp³-hybridized carbons (Fsp3) is 0.688. The summed E-state index contributed by atoms with van der Waals surface area (Å²) in [6.45, 7) is 38.0. The van der Waals surface area contributed by atoms with Crippen LogP contribution in [0.2, 0.25) is 0 Å². The molecular formula is C64H108N4O2+2. The van der Waals surface area contributed by atoms with Crippen LogP contribution in [0.25, 0.3) is 0 Å². The second-order valence-electron chi connectivity index (χ2n) is 22.6. The molecule has 0 spiro atoms. The van der Waals surface area contributed by atoms with Gasteiger partial charge in [-0.1, -0.05) is 158 Å². The lowest BCUT2D eigenvalue weighted by Crippen LogP contribution is -2.51. The number of phenols is 2. The summed E-state index contributed by atoms with van der Waals surface area (Å²) in [4.78, 5) is 10.1. The number of para-hydroxylation sites is 2. The van der Waals surface area contributed by atoms with Gasteiger partial charge in [0.25, 0.3) is 0 Å². The lowest BCUT2D eigenvalue weighted by molar-refractivity contribution is -0.929. The summed E-state index contributed by atoms with van der Waals surface area (Å²) in [6, 6.07) is 16.9. The first kappa shape index (κ1) is 60.8. The summed E-state index contributed by atoms with van der Waals surface area (Å²) >= 11 is 0. The Morgan fingerprint density at radius 2 is 0.686 bits per heavy atom. The summed E-state index contributed by atoms with van der Waals surface area (Å²) in [7, 11) is 0. The molecule has 0 amide bonds. The van der Waals surface area contributed by atoms with Crippen molar-refractivity contribution in [2.24, 2.45) is 9.98 Å². The minimum atomic E-state index is -0.0487. The van der Waals surface area contributed by atoms with E-state index in [1.807, 2.05) is 43.6 Å². The van der Waals surface area contributed by atoms with Gasteiger partial charge in [0.2, 0.25) is 0 Å². The quantitative estimate of drug-likeness (QED) is 0.0444. The molecule has 6 nitrogen and oxygen atoms in total. The van der Waals surface area contributed by atoms with Gasteiger partial charge in [0, 0.05) is 23.6 Å². The Bertz CT molecular complexity index is 1890. The highest BCUT2D eigenvalue weighted by molar-refractivity contribution is 5.90. The Balaban J connectivity index is 2.10. The van der Waals surface area contributed by atoms with Crippen molar-refractivity contribution >= 4 is 23.8 Å². The SMILES string of the molecule is CCCCC(C)(CCCC)c1cc(C)c(O)c(C=Nc2ccccc2N=Cc2cc(C(C)(CCC[N+](CCCC)(CCCC)CCCC)CCC[N+](CCCC)(CCCC)CCCC)cc(C)c2O)c1. The van der Waals surface area contributed by atoms with E-state index >= 15 is 0 Å². The highest BCUT2D eigenvalue weighted by Crippen LogP contribution is 2.41. The predicted octanol–water partition coefficient (Wildman–Crippen LogP) is 18.1. The summed E-state index contributed by atoms with van der Waals surface area (Å²) in [5.41, 5.74) is 7.35. The number of hydrogen-bond donors (Lipinski definition) is 2. The Kier molecular flexibility index (Phi) is 27.7. The first-order valence-electron chi connectivity index (χ1n) is 29.2. The van der Waals surface area contributed by atoms with E-state index in [1.54, 1.807) is 0 Å². The molecule has 0 saturated heterocycles. The number of nitrogens with zero attached hydrogens (tertiary/aromatic N) is 4. The summed E-state index contributed by atoms with van der Waals surface area (Å²) in [5, 5.41) is 23.1. The van der Waals surface area contributed by atoms with Crippen LogP contribution in [0.4, 0.5) is 11.4 Å². The van der Waals surface area contributed by atoms with Gasteiger partial charge in [0.15, 0.2) is 0 Å². The van der Waals surface area contributed by atoms with Crippen molar-refractivity contribution in [3.8, 4) is 11.5 Å². The largest absolute Gasteiger partial charge is 0.507 e. The van der Waals surface area contributed by atoms with Crippen LogP contribution in [0.1, 0.15) is 244 Å². The topological polar surface area (TPSA) is 65.2 Å². The number of unbranched alkanes of at least 4 members (excludes halogenated alkanes) is 8. The van der Waals surface area contributed by atoms with E-state index in [0.717, 1.165) is 59.3 Å². The van der Waals surface area contributed by atoms with E-state index in [1.165, 1.54) is 188 Å². The minimum absolute atomic E-state index is 0.0451. The molecule has 0 aliphatic heterocycles. The monoisotopic (exact) mass is 965 g/mol. The Morgan fingerprint density at radius 1 is 0.414 bits per heavy atom. The molecular weight excluding hydrogens is 857 g/mol. The van der Waals surface area contributed by atoms with Crippen molar-refractivity contribution in [1.82, 2.24) is 0 Å². The van der Waals surface area contributed by atoms with Crippen LogP contribution in [0, 0.1) is 13.8 Å². The van der Waals surface area contributed by atoms with Gasteiger partial charge >= 0.3 is 0 Å². The number of rotatable bonds is 38. The lowest BCUT2D eigenvalue weighted by Gasteiger charge is -2.42. The molecule has 0 fully saturated rings. The van der Waals surface area contributed by atoms with Gasteiger partial charge in [-0.2, -0.15) is 0 Å². The molecule has 0 heterocycles. The maximum Gasteiger partial charge on any atom is 0.127 e. The predicted molar refractivity (Wildman–Crippen MR) is 308 cm³/mol. The molecule has 0 saturated carbocycles. The molecule has 0 bridgehead atoms. The molecule has 3 aromatic rings. The van der Waals surface area contributed by atoms with Crippen LogP contribution in [-0.2, 0) is 10.8 Å². The minimum Gasteiger partial charge on any atom is -0.507 e. The van der Waals surface area contributed by atoms with E-state index in [4.69, 9.17) is 9.98 Å². The number of aryl methyl sites for hydroxylation is 2. The van der Waals surface area contributed by atoms with Crippen LogP contribution in [0.5, 0.6) is 11.5 Å². The van der Waals surface area contributed by atoms with E-state index in [-0.39, 0.29) is 16.6 Å². The average molecular weight is 966 g/mol. The molecule has 2 N–H and O–H groups in total. The van der Waals surface area contributed by atoms with Gasteiger partial charge in [-0.05, 0) is 148 Å². The van der Waals surface area contributed by atoms with Gasteiger partial charge in [-0.3, -0.25) is 9.98 Å². The van der Waals surface area contributed by atoms with Crippen LogP contribution in [-0.4, -0.2) is 84.0 Å². The van der Waals surface area contributed by atoms with Crippen molar-refractivity contribution in [3.63, 3.8) is 0 Å². The maximum absolute atomic E-state index is 11.7. The Labute approximate surface area is 432 Å². The molecule has 0 aliphatic rings.